The molecule has 9 atom stereocenters. The summed E-state index contributed by atoms with van der Waals surface area (Å²) < 4.78 is 0. The smallest absolute Gasteiger partial charge is 0.326 e. The number of aliphatic imine (C=N–C) groups is 1. The number of aliphatic carboxylic acids is 2. The molecule has 0 unspecified atom stereocenters. The van der Waals surface area contributed by atoms with Crippen LogP contribution in [0.3, 0.4) is 0 Å². The maximum absolute atomic E-state index is 14.2. The monoisotopic (exact) mass is 923 g/mol. The molecule has 0 bridgehead atoms. The summed E-state index contributed by atoms with van der Waals surface area (Å²) in [6, 6.07) is 8.92. The van der Waals surface area contributed by atoms with E-state index in [0.717, 1.165) is 0 Å². The van der Waals surface area contributed by atoms with Crippen molar-refractivity contribution in [2.24, 2.45) is 39.9 Å². The molecule has 0 fully saturated rings. The summed E-state index contributed by atoms with van der Waals surface area (Å²) in [6.45, 7) is 10.6. The Morgan fingerprint density at radius 1 is 0.561 bits per heavy atom. The van der Waals surface area contributed by atoms with Gasteiger partial charge in [0.25, 0.3) is 0 Å². The normalized spacial score (nSPS) is 15.2. The Balaban J connectivity index is 2.37. The summed E-state index contributed by atoms with van der Waals surface area (Å²) in [6.07, 6.45) is 0.545. The van der Waals surface area contributed by atoms with Crippen molar-refractivity contribution in [1.29, 1.82) is 0 Å². The molecule has 2 rings (SSSR count). The van der Waals surface area contributed by atoms with Crippen molar-refractivity contribution < 1.29 is 48.6 Å². The number of carboxylic acids is 2. The topological polar surface area (TPSA) is 340 Å². The van der Waals surface area contributed by atoms with E-state index >= 15 is 0 Å². The Morgan fingerprint density at radius 2 is 0.970 bits per heavy atom. The third kappa shape index (κ3) is 19.3. The molecule has 14 N–H and O–H groups in total. The minimum Gasteiger partial charge on any atom is -0.481 e. The summed E-state index contributed by atoms with van der Waals surface area (Å²) in [7, 11) is 0. The summed E-state index contributed by atoms with van der Waals surface area (Å²) in [5.74, 6) is -8.46. The molecular formula is C46H70N10O10. The first-order valence-electron chi connectivity index (χ1n) is 22.3. The van der Waals surface area contributed by atoms with Gasteiger partial charge in [0, 0.05) is 25.8 Å². The second-order valence-electron chi connectivity index (χ2n) is 16.9. The van der Waals surface area contributed by atoms with E-state index < -0.39 is 107 Å². The van der Waals surface area contributed by atoms with Crippen LogP contribution in [0, 0.1) is 17.8 Å². The van der Waals surface area contributed by atoms with E-state index in [2.05, 4.69) is 36.9 Å². The molecule has 0 heterocycles. The van der Waals surface area contributed by atoms with Gasteiger partial charge in [0.15, 0.2) is 5.96 Å². The molecule has 66 heavy (non-hydrogen) atoms. The van der Waals surface area contributed by atoms with Crippen LogP contribution in [0.4, 0.5) is 0 Å². The zero-order valence-electron chi connectivity index (χ0n) is 38.8. The Kier molecular flexibility index (Phi) is 23.9. The summed E-state index contributed by atoms with van der Waals surface area (Å²) in [5.41, 5.74) is 18.1. The van der Waals surface area contributed by atoms with Gasteiger partial charge in [-0.1, -0.05) is 115 Å². The first kappa shape index (κ1) is 55.6. The highest BCUT2D eigenvalue weighted by Crippen LogP contribution is 2.15. The van der Waals surface area contributed by atoms with Crippen molar-refractivity contribution in [3.05, 3.63) is 71.8 Å². The van der Waals surface area contributed by atoms with E-state index in [4.69, 9.17) is 22.3 Å². The molecule has 20 nitrogen and oxygen atoms in total. The van der Waals surface area contributed by atoms with E-state index in [0.29, 0.717) is 24.0 Å². The number of rotatable bonds is 29. The van der Waals surface area contributed by atoms with Crippen LogP contribution in [0.2, 0.25) is 0 Å². The summed E-state index contributed by atoms with van der Waals surface area (Å²) in [5, 5.41) is 35.1. The number of hydrogen-bond acceptors (Lipinski definition) is 10. The minimum atomic E-state index is -1.33. The molecule has 0 aliphatic heterocycles. The number of nitrogens with one attached hydrogen (secondary N) is 6. The number of nitrogens with two attached hydrogens (primary N) is 3. The van der Waals surface area contributed by atoms with Crippen LogP contribution in [0.5, 0.6) is 0 Å². The molecule has 0 saturated carbocycles. The first-order chi connectivity index (χ1) is 31.2. The number of carbonyl (C=O) groups is 8. The number of hydrogen-bond donors (Lipinski definition) is 11. The number of nitrogens with zero attached hydrogens (tertiary/aromatic N) is 1. The van der Waals surface area contributed by atoms with Crippen LogP contribution in [-0.2, 0) is 51.2 Å². The lowest BCUT2D eigenvalue weighted by molar-refractivity contribution is -0.142. The first-order valence-corrected chi connectivity index (χ1v) is 22.3. The third-order valence-electron chi connectivity index (χ3n) is 11.2. The molecule has 0 radical (unpaired) electrons. The van der Waals surface area contributed by atoms with E-state index in [1.165, 1.54) is 0 Å². The van der Waals surface area contributed by atoms with Gasteiger partial charge in [0.2, 0.25) is 35.4 Å². The van der Waals surface area contributed by atoms with Crippen LogP contribution in [0.1, 0.15) is 91.2 Å². The molecule has 364 valence electrons. The minimum absolute atomic E-state index is 0.00495. The number of guanidine groups is 1. The van der Waals surface area contributed by atoms with Crippen molar-refractivity contribution in [1.82, 2.24) is 31.9 Å². The Hall–Kier alpha value is -6.57. The Morgan fingerprint density at radius 3 is 1.41 bits per heavy atom. The zero-order chi connectivity index (χ0) is 49.5. The van der Waals surface area contributed by atoms with Gasteiger partial charge in [-0.25, -0.2) is 4.79 Å². The summed E-state index contributed by atoms with van der Waals surface area (Å²) in [4.78, 5) is 110. The van der Waals surface area contributed by atoms with Gasteiger partial charge in [0.1, 0.15) is 36.3 Å². The van der Waals surface area contributed by atoms with Crippen LogP contribution in [-0.4, -0.2) is 112 Å². The van der Waals surface area contributed by atoms with Gasteiger partial charge >= 0.3 is 11.9 Å². The molecule has 20 heteroatoms. The van der Waals surface area contributed by atoms with E-state index in [9.17, 15) is 43.5 Å². The molecule has 0 saturated heterocycles. The highest BCUT2D eigenvalue weighted by molar-refractivity contribution is 5.97. The van der Waals surface area contributed by atoms with Crippen LogP contribution in [0.25, 0.3) is 0 Å². The van der Waals surface area contributed by atoms with E-state index in [1.54, 1.807) is 88.4 Å². The predicted octanol–water partition coefficient (Wildman–Crippen LogP) is 0.459. The van der Waals surface area contributed by atoms with Gasteiger partial charge in [-0.3, -0.25) is 38.6 Å². The maximum Gasteiger partial charge on any atom is 0.326 e. The lowest BCUT2D eigenvalue weighted by Gasteiger charge is -2.31. The lowest BCUT2D eigenvalue weighted by Crippen LogP contribution is -2.62. The van der Waals surface area contributed by atoms with Gasteiger partial charge in [-0.05, 0) is 48.1 Å². The molecule has 2 aromatic rings. The Labute approximate surface area is 386 Å². The molecule has 6 amide bonds. The van der Waals surface area contributed by atoms with Crippen LogP contribution < -0.4 is 49.1 Å². The average Bonchev–Trinajstić information content (AvgIpc) is 3.28. The van der Waals surface area contributed by atoms with Crippen molar-refractivity contribution in [3.63, 3.8) is 0 Å². The maximum atomic E-state index is 14.2. The number of carbonyl (C=O) groups excluding carboxylic acids is 6. The van der Waals surface area contributed by atoms with Gasteiger partial charge in [-0.15, -0.1) is 0 Å². The zero-order valence-corrected chi connectivity index (χ0v) is 38.8. The molecular weight excluding hydrogens is 853 g/mol. The van der Waals surface area contributed by atoms with Gasteiger partial charge in [0.05, 0.1) is 6.04 Å². The van der Waals surface area contributed by atoms with Crippen molar-refractivity contribution in [3.8, 4) is 0 Å². The molecule has 0 aliphatic rings. The van der Waals surface area contributed by atoms with Crippen LogP contribution in [0.15, 0.2) is 65.7 Å². The highest BCUT2D eigenvalue weighted by atomic mass is 16.4. The second-order valence-corrected chi connectivity index (χ2v) is 16.9. The number of amides is 6. The molecule has 2 aromatic carbocycles. The molecule has 0 spiro atoms. The van der Waals surface area contributed by atoms with E-state index in [-0.39, 0.29) is 51.0 Å². The fraction of sp³-hybridized carbons (Fsp3) is 0.543. The number of benzene rings is 2. The standard InChI is InChI=1S/C46H70N10O10/c1-7-27(5)37(43(63)53-33(24-29-16-11-9-12-17-29)40(60)51-32(45(65)66)20-15-23-50-46(48)49)56-42(62)36(26(3)4)54-44(64)38(28(6)8-2)55-41(61)34(25-30-18-13-10-14-19-30)52-39(59)31(47)21-22-35(57)58/h9-14,16-19,26-28,31-34,36-38H,7-8,15,20-25,47H2,1-6H3,(H,51,60)(H,52,59)(H,53,63)(H,54,64)(H,55,61)(H,56,62)(H,57,58)(H,65,66)(H4,48,49,50)/t27-,28-,31-,32-,33-,34-,36-,37-,38-/m0/s1. The largest absolute Gasteiger partial charge is 0.481 e. The SMILES string of the molecule is CC[C@H](C)[C@H](NC(=O)[C@H](Cc1ccccc1)NC(=O)[C@@H](N)CCC(=O)O)C(=O)N[C@H](C(=O)N[C@H](C(=O)N[C@@H](Cc1ccccc1)C(=O)N[C@@H](CCCN=C(N)N)C(=O)O)[C@@H](C)CC)C(C)C. The third-order valence-corrected chi connectivity index (χ3v) is 11.2. The fourth-order valence-electron chi connectivity index (χ4n) is 6.78. The van der Waals surface area contributed by atoms with Gasteiger partial charge < -0.3 is 59.3 Å². The predicted molar refractivity (Wildman–Crippen MR) is 248 cm³/mol. The fourth-order valence-corrected chi connectivity index (χ4v) is 6.78. The highest BCUT2D eigenvalue weighted by Gasteiger charge is 2.37. The summed E-state index contributed by atoms with van der Waals surface area (Å²) >= 11 is 0. The quantitative estimate of drug-likeness (QED) is 0.0301. The van der Waals surface area contributed by atoms with Crippen molar-refractivity contribution in [2.75, 3.05) is 6.54 Å². The second kappa shape index (κ2) is 28.4. The Bertz CT molecular complexity index is 1950. The van der Waals surface area contributed by atoms with E-state index in [1.807, 2.05) is 13.8 Å². The average molecular weight is 923 g/mol. The van der Waals surface area contributed by atoms with Crippen LogP contribution >= 0.6 is 0 Å². The van der Waals surface area contributed by atoms with Gasteiger partial charge in [-0.2, -0.15) is 0 Å². The lowest BCUT2D eigenvalue weighted by atomic mass is 9.94. The number of carboxylic acid groups (broad SMARTS) is 2. The molecule has 0 aromatic heterocycles. The van der Waals surface area contributed by atoms with Crippen molar-refractivity contribution in [2.45, 2.75) is 135 Å². The van der Waals surface area contributed by atoms with Crippen molar-refractivity contribution >= 4 is 53.3 Å². The molecule has 0 aliphatic carbocycles.